The van der Waals surface area contributed by atoms with Gasteiger partial charge in [-0.15, -0.1) is 11.8 Å². The summed E-state index contributed by atoms with van der Waals surface area (Å²) in [6.07, 6.45) is 1.21. The van der Waals surface area contributed by atoms with Crippen LogP contribution in [0.5, 0.6) is 5.75 Å². The van der Waals surface area contributed by atoms with E-state index in [-0.39, 0.29) is 0 Å². The van der Waals surface area contributed by atoms with Gasteiger partial charge in [-0.25, -0.2) is 0 Å². The molecule has 0 bridgehead atoms. The maximum Gasteiger partial charge on any atom is 0.119 e. The molecular formula is C11H15NOS. The minimum atomic E-state index is 0.511. The molecule has 0 fully saturated rings. The summed E-state index contributed by atoms with van der Waals surface area (Å²) in [6, 6.07) is 6.84. The van der Waals surface area contributed by atoms with Gasteiger partial charge < -0.3 is 10.1 Å². The van der Waals surface area contributed by atoms with E-state index in [1.807, 2.05) is 24.9 Å². The Morgan fingerprint density at radius 3 is 3.07 bits per heavy atom. The fourth-order valence-electron chi connectivity index (χ4n) is 1.80. The summed E-state index contributed by atoms with van der Waals surface area (Å²) in [5, 5.41) is 3.34. The molecule has 14 heavy (non-hydrogen) atoms. The molecule has 0 radical (unpaired) electrons. The summed E-state index contributed by atoms with van der Waals surface area (Å²) in [5.41, 5.74) is 1.41. The van der Waals surface area contributed by atoms with Crippen LogP contribution >= 0.6 is 11.8 Å². The van der Waals surface area contributed by atoms with Crippen molar-refractivity contribution in [3.8, 4) is 5.75 Å². The van der Waals surface area contributed by atoms with Crippen LogP contribution in [0.2, 0.25) is 0 Å². The van der Waals surface area contributed by atoms with Crippen molar-refractivity contribution in [2.45, 2.75) is 17.4 Å². The van der Waals surface area contributed by atoms with Crippen molar-refractivity contribution in [3.05, 3.63) is 23.8 Å². The molecule has 0 spiro atoms. The first-order valence-corrected chi connectivity index (χ1v) is 5.81. The average Bonchev–Trinajstić information content (AvgIpc) is 2.27. The maximum atomic E-state index is 5.22. The summed E-state index contributed by atoms with van der Waals surface area (Å²) in [7, 11) is 3.74. The predicted molar refractivity (Wildman–Crippen MR) is 60.1 cm³/mol. The van der Waals surface area contributed by atoms with Crippen molar-refractivity contribution < 1.29 is 4.74 Å². The number of fused-ring (bicyclic) bond motifs is 1. The average molecular weight is 209 g/mol. The summed E-state index contributed by atoms with van der Waals surface area (Å²) < 4.78 is 5.22. The van der Waals surface area contributed by atoms with Crippen molar-refractivity contribution in [2.75, 3.05) is 19.9 Å². The molecule has 2 rings (SSSR count). The molecule has 1 aromatic rings. The first kappa shape index (κ1) is 9.87. The lowest BCUT2D eigenvalue weighted by atomic mass is 10.0. The largest absolute Gasteiger partial charge is 0.497 e. The number of rotatable bonds is 2. The summed E-state index contributed by atoms with van der Waals surface area (Å²) in [5.74, 6) is 2.14. The lowest BCUT2D eigenvalue weighted by Gasteiger charge is -2.24. The van der Waals surface area contributed by atoms with E-state index in [0.717, 1.165) is 5.75 Å². The molecule has 0 aliphatic carbocycles. The van der Waals surface area contributed by atoms with Crippen LogP contribution in [0, 0.1) is 0 Å². The maximum absolute atomic E-state index is 5.22. The molecule has 2 nitrogen and oxygen atoms in total. The van der Waals surface area contributed by atoms with Gasteiger partial charge in [0.1, 0.15) is 5.75 Å². The SMILES string of the molecule is CNC1CCSc2cc(OC)ccc21. The zero-order valence-corrected chi connectivity index (χ0v) is 9.36. The van der Waals surface area contributed by atoms with Crippen molar-refractivity contribution in [2.24, 2.45) is 0 Å². The topological polar surface area (TPSA) is 21.3 Å². The van der Waals surface area contributed by atoms with Gasteiger partial charge in [0, 0.05) is 10.9 Å². The van der Waals surface area contributed by atoms with Crippen molar-refractivity contribution in [1.29, 1.82) is 0 Å². The number of methoxy groups -OCH3 is 1. The second-order valence-electron chi connectivity index (χ2n) is 3.38. The molecule has 3 heteroatoms. The van der Waals surface area contributed by atoms with E-state index in [4.69, 9.17) is 4.74 Å². The molecule has 1 N–H and O–H groups in total. The Morgan fingerprint density at radius 2 is 2.36 bits per heavy atom. The molecule has 1 atom stereocenters. The smallest absolute Gasteiger partial charge is 0.119 e. The van der Waals surface area contributed by atoms with Gasteiger partial charge in [-0.05, 0) is 36.9 Å². The standard InChI is InChI=1S/C11H15NOS/c1-12-10-5-6-14-11-7-8(13-2)3-4-9(10)11/h3-4,7,10,12H,5-6H2,1-2H3. The lowest BCUT2D eigenvalue weighted by Crippen LogP contribution is -2.20. The van der Waals surface area contributed by atoms with Gasteiger partial charge in [0.25, 0.3) is 0 Å². The van der Waals surface area contributed by atoms with Crippen LogP contribution in [0.15, 0.2) is 23.1 Å². The van der Waals surface area contributed by atoms with Crippen LogP contribution < -0.4 is 10.1 Å². The van der Waals surface area contributed by atoms with Crippen LogP contribution in [0.4, 0.5) is 0 Å². The zero-order valence-electron chi connectivity index (χ0n) is 8.54. The Morgan fingerprint density at radius 1 is 1.50 bits per heavy atom. The molecule has 76 valence electrons. The van der Waals surface area contributed by atoms with E-state index in [0.29, 0.717) is 6.04 Å². The third-order valence-corrected chi connectivity index (χ3v) is 3.71. The highest BCUT2D eigenvalue weighted by Gasteiger charge is 2.19. The molecular weight excluding hydrogens is 194 g/mol. The molecule has 0 aromatic heterocycles. The van der Waals surface area contributed by atoms with E-state index in [2.05, 4.69) is 17.4 Å². The number of hydrogen-bond acceptors (Lipinski definition) is 3. The summed E-state index contributed by atoms with van der Waals surface area (Å²) >= 11 is 1.92. The Kier molecular flexibility index (Phi) is 2.99. The summed E-state index contributed by atoms with van der Waals surface area (Å²) in [4.78, 5) is 1.36. The first-order chi connectivity index (χ1) is 6.85. The van der Waals surface area contributed by atoms with Gasteiger partial charge in [-0.3, -0.25) is 0 Å². The van der Waals surface area contributed by atoms with E-state index >= 15 is 0 Å². The van der Waals surface area contributed by atoms with Gasteiger partial charge >= 0.3 is 0 Å². The second kappa shape index (κ2) is 4.24. The molecule has 0 saturated carbocycles. The van der Waals surface area contributed by atoms with E-state index < -0.39 is 0 Å². The molecule has 0 amide bonds. The Hall–Kier alpha value is -0.670. The predicted octanol–water partition coefficient (Wildman–Crippen LogP) is 2.45. The van der Waals surface area contributed by atoms with Gasteiger partial charge in [0.15, 0.2) is 0 Å². The van der Waals surface area contributed by atoms with Gasteiger partial charge in [-0.2, -0.15) is 0 Å². The highest BCUT2D eigenvalue weighted by Crippen LogP contribution is 2.37. The lowest BCUT2D eigenvalue weighted by molar-refractivity contribution is 0.412. The first-order valence-electron chi connectivity index (χ1n) is 4.83. The number of benzene rings is 1. The third kappa shape index (κ3) is 1.74. The minimum Gasteiger partial charge on any atom is -0.497 e. The monoisotopic (exact) mass is 209 g/mol. The van der Waals surface area contributed by atoms with Crippen molar-refractivity contribution >= 4 is 11.8 Å². The quantitative estimate of drug-likeness (QED) is 0.808. The number of nitrogens with one attached hydrogen (secondary N) is 1. The van der Waals surface area contributed by atoms with Crippen LogP contribution in [0.25, 0.3) is 0 Å². The summed E-state index contributed by atoms with van der Waals surface area (Å²) in [6.45, 7) is 0. The van der Waals surface area contributed by atoms with E-state index in [1.165, 1.54) is 22.6 Å². The zero-order chi connectivity index (χ0) is 9.97. The van der Waals surface area contributed by atoms with Crippen LogP contribution in [0.1, 0.15) is 18.0 Å². The normalized spacial score (nSPS) is 20.3. The molecule has 0 saturated heterocycles. The Balaban J connectivity index is 2.35. The van der Waals surface area contributed by atoms with Crippen molar-refractivity contribution in [1.82, 2.24) is 5.32 Å². The van der Waals surface area contributed by atoms with Crippen molar-refractivity contribution in [3.63, 3.8) is 0 Å². The fourth-order valence-corrected chi connectivity index (χ4v) is 2.95. The third-order valence-electron chi connectivity index (χ3n) is 2.61. The van der Waals surface area contributed by atoms with Gasteiger partial charge in [-0.1, -0.05) is 6.07 Å². The highest BCUT2D eigenvalue weighted by atomic mass is 32.2. The number of thioether (sulfide) groups is 1. The number of hydrogen-bond donors (Lipinski definition) is 1. The highest BCUT2D eigenvalue weighted by molar-refractivity contribution is 7.99. The molecule has 1 aromatic carbocycles. The van der Waals surface area contributed by atoms with Crippen LogP contribution in [0.3, 0.4) is 0 Å². The van der Waals surface area contributed by atoms with E-state index in [9.17, 15) is 0 Å². The fraction of sp³-hybridized carbons (Fsp3) is 0.455. The van der Waals surface area contributed by atoms with Gasteiger partial charge in [0.2, 0.25) is 0 Å². The second-order valence-corrected chi connectivity index (χ2v) is 4.52. The van der Waals surface area contributed by atoms with Crippen LogP contribution in [-0.4, -0.2) is 19.9 Å². The minimum absolute atomic E-state index is 0.511. The molecule has 1 aliphatic rings. The van der Waals surface area contributed by atoms with Gasteiger partial charge in [0.05, 0.1) is 7.11 Å². The Labute approximate surface area is 89.0 Å². The molecule has 1 aliphatic heterocycles. The molecule has 1 unspecified atom stereocenters. The Bertz CT molecular complexity index is 327. The van der Waals surface area contributed by atoms with Crippen LogP contribution in [-0.2, 0) is 0 Å². The van der Waals surface area contributed by atoms with E-state index in [1.54, 1.807) is 7.11 Å². The molecule has 1 heterocycles. The number of ether oxygens (including phenoxy) is 1.